The zero-order valence-corrected chi connectivity index (χ0v) is 43.7. The van der Waals surface area contributed by atoms with Gasteiger partial charge in [-0.25, -0.2) is 0 Å². The van der Waals surface area contributed by atoms with Gasteiger partial charge in [0.05, 0.1) is 0 Å². The van der Waals surface area contributed by atoms with E-state index in [0.29, 0.717) is 32.5 Å². The quantitative estimate of drug-likeness (QED) is 0.265. The molecule has 8 aliphatic carbocycles. The second-order valence-electron chi connectivity index (χ2n) is 27.8. The van der Waals surface area contributed by atoms with Crippen LogP contribution in [0.2, 0.25) is 0 Å². The molecule has 0 N–H and O–H groups in total. The van der Waals surface area contributed by atoms with Crippen molar-refractivity contribution in [2.45, 2.75) is 301 Å². The molecule has 0 spiro atoms. The van der Waals surface area contributed by atoms with Crippen LogP contribution in [-0.2, 0) is 0 Å². The molecule has 0 aromatic heterocycles. The second kappa shape index (κ2) is 22.5. The molecule has 5 atom stereocenters. The summed E-state index contributed by atoms with van der Waals surface area (Å²) in [4.78, 5) is 0. The summed E-state index contributed by atoms with van der Waals surface area (Å²) >= 11 is 0. The van der Waals surface area contributed by atoms with Gasteiger partial charge in [0.1, 0.15) is 0 Å². The summed E-state index contributed by atoms with van der Waals surface area (Å²) in [6, 6.07) is 0. The fraction of sp³-hybridized carbons (Fsp3) is 1.00. The lowest BCUT2D eigenvalue weighted by atomic mass is 9.41. The molecule has 8 fully saturated rings. The van der Waals surface area contributed by atoms with Gasteiger partial charge in [0.25, 0.3) is 0 Å². The number of rotatable bonds is 4. The maximum atomic E-state index is 2.62. The van der Waals surface area contributed by atoms with E-state index in [1.54, 1.807) is 38.5 Å². The first-order valence-electron chi connectivity index (χ1n) is 28.3. The molecule has 0 amide bonds. The van der Waals surface area contributed by atoms with E-state index >= 15 is 0 Å². The summed E-state index contributed by atoms with van der Waals surface area (Å²) in [5.41, 5.74) is 3.45. The molecule has 5 unspecified atom stereocenters. The molecular weight excluding hydrogens is 721 g/mol. The first kappa shape index (κ1) is 51.0. The van der Waals surface area contributed by atoms with Crippen molar-refractivity contribution in [1.82, 2.24) is 0 Å². The molecule has 0 saturated heterocycles. The molecule has 0 radical (unpaired) electrons. The van der Waals surface area contributed by atoms with Crippen LogP contribution in [0.4, 0.5) is 0 Å². The summed E-state index contributed by atoms with van der Waals surface area (Å²) < 4.78 is 0. The Balaban J connectivity index is 0.000000153. The minimum absolute atomic E-state index is 0.458. The summed E-state index contributed by atoms with van der Waals surface area (Å²) in [6.07, 6.45) is 51.2. The van der Waals surface area contributed by atoms with Crippen LogP contribution >= 0.6 is 0 Å². The highest BCUT2D eigenvalue weighted by Crippen LogP contribution is 2.66. The molecule has 0 aliphatic heterocycles. The Hall–Kier alpha value is 0. The fourth-order valence-electron chi connectivity index (χ4n) is 16.3. The van der Waals surface area contributed by atoms with Gasteiger partial charge in [-0.2, -0.15) is 0 Å². The number of hydrogen-bond acceptors (Lipinski definition) is 0. The maximum Gasteiger partial charge on any atom is -0.0241 e. The monoisotopic (exact) mass is 833 g/mol. The lowest BCUT2D eigenvalue weighted by Gasteiger charge is -2.63. The molecule has 8 rings (SSSR count). The van der Waals surface area contributed by atoms with Crippen molar-refractivity contribution in [1.29, 1.82) is 0 Å². The van der Waals surface area contributed by atoms with Crippen molar-refractivity contribution in [3.63, 3.8) is 0 Å². The standard InChI is InChI=1S/C18H34.3C14H26/c1-14-12-13-18(6,15-10-8-7-9-11-15)17(4,5)16(14,2)3;3*1-14(2)10-6-9-13(11-14)12-7-4-3-5-8-12/h14-15H,7-13H2,1-6H3;3*12-13H,3-11H2,1-2H3. The summed E-state index contributed by atoms with van der Waals surface area (Å²) in [6.45, 7) is 30.1. The van der Waals surface area contributed by atoms with Crippen LogP contribution in [0.25, 0.3) is 0 Å². The Morgan fingerprint density at radius 2 is 0.567 bits per heavy atom. The van der Waals surface area contributed by atoms with Crippen molar-refractivity contribution < 1.29 is 0 Å². The molecule has 8 saturated carbocycles. The van der Waals surface area contributed by atoms with E-state index < -0.39 is 0 Å². The molecule has 60 heavy (non-hydrogen) atoms. The fourth-order valence-corrected chi connectivity index (χ4v) is 16.3. The van der Waals surface area contributed by atoms with Gasteiger partial charge in [-0.3, -0.25) is 0 Å². The van der Waals surface area contributed by atoms with Gasteiger partial charge in [0, 0.05) is 0 Å². The van der Waals surface area contributed by atoms with E-state index in [4.69, 9.17) is 0 Å². The summed E-state index contributed by atoms with van der Waals surface area (Å²) in [5.74, 6) is 8.39. The Bertz CT molecular complexity index is 1090. The summed E-state index contributed by atoms with van der Waals surface area (Å²) in [7, 11) is 0. The first-order chi connectivity index (χ1) is 28.3. The highest BCUT2D eigenvalue weighted by molar-refractivity contribution is 5.07. The van der Waals surface area contributed by atoms with E-state index in [2.05, 4.69) is 83.1 Å². The van der Waals surface area contributed by atoms with Crippen molar-refractivity contribution in [2.75, 3.05) is 0 Å². The molecule has 0 heteroatoms. The number of hydrogen-bond donors (Lipinski definition) is 0. The van der Waals surface area contributed by atoms with Crippen LogP contribution in [0.5, 0.6) is 0 Å². The smallest absolute Gasteiger partial charge is 0.0241 e. The zero-order chi connectivity index (χ0) is 43.7. The molecule has 352 valence electrons. The topological polar surface area (TPSA) is 0 Å². The average Bonchev–Trinajstić information content (AvgIpc) is 3.23. The van der Waals surface area contributed by atoms with Gasteiger partial charge in [0.15, 0.2) is 0 Å². The van der Waals surface area contributed by atoms with Crippen LogP contribution in [0.15, 0.2) is 0 Å². The van der Waals surface area contributed by atoms with Crippen LogP contribution < -0.4 is 0 Å². The average molecular weight is 834 g/mol. The van der Waals surface area contributed by atoms with Gasteiger partial charge in [0.2, 0.25) is 0 Å². The predicted octanol–water partition coefficient (Wildman–Crippen LogP) is 20.4. The van der Waals surface area contributed by atoms with Crippen molar-refractivity contribution in [3.8, 4) is 0 Å². The zero-order valence-electron chi connectivity index (χ0n) is 43.7. The van der Waals surface area contributed by atoms with Crippen molar-refractivity contribution in [3.05, 3.63) is 0 Å². The Labute approximate surface area is 379 Å². The molecule has 0 heterocycles. The van der Waals surface area contributed by atoms with Gasteiger partial charge in [-0.1, -0.05) is 237 Å². The molecule has 0 bridgehead atoms. The van der Waals surface area contributed by atoms with E-state index in [0.717, 1.165) is 47.3 Å². The van der Waals surface area contributed by atoms with Gasteiger partial charge < -0.3 is 0 Å². The Kier molecular flexibility index (Phi) is 19.1. The SMILES string of the molecule is CC1(C)CCCC(C2CCCCC2)C1.CC1(C)CCCC(C2CCCCC2)C1.CC1(C)CCCC(C2CCCCC2)C1.CC1CCC(C)(C2CCCCC2)C(C)(C)C1(C)C. The minimum Gasteiger partial charge on any atom is -0.0620 e. The molecular formula is C60H112. The molecule has 0 nitrogen and oxygen atoms in total. The third-order valence-corrected chi connectivity index (χ3v) is 21.6. The van der Waals surface area contributed by atoms with Crippen LogP contribution in [-0.4, -0.2) is 0 Å². The van der Waals surface area contributed by atoms with Gasteiger partial charge >= 0.3 is 0 Å². The van der Waals surface area contributed by atoms with Crippen LogP contribution in [0.1, 0.15) is 301 Å². The lowest BCUT2D eigenvalue weighted by molar-refractivity contribution is -0.144. The second-order valence-corrected chi connectivity index (χ2v) is 27.8. The van der Waals surface area contributed by atoms with E-state index in [1.165, 1.54) is 180 Å². The van der Waals surface area contributed by atoms with Crippen molar-refractivity contribution >= 4 is 0 Å². The van der Waals surface area contributed by atoms with E-state index in [1.807, 2.05) is 0 Å². The van der Waals surface area contributed by atoms with Gasteiger partial charge in [-0.05, 0) is 144 Å². The van der Waals surface area contributed by atoms with E-state index in [9.17, 15) is 0 Å². The van der Waals surface area contributed by atoms with Crippen LogP contribution in [0.3, 0.4) is 0 Å². The summed E-state index contributed by atoms with van der Waals surface area (Å²) in [5, 5.41) is 0. The maximum absolute atomic E-state index is 2.62. The Morgan fingerprint density at radius 3 is 0.867 bits per heavy atom. The minimum atomic E-state index is 0.458. The lowest BCUT2D eigenvalue weighted by Crippen LogP contribution is -2.56. The third-order valence-electron chi connectivity index (χ3n) is 21.6. The molecule has 0 aromatic rings. The van der Waals surface area contributed by atoms with Gasteiger partial charge in [-0.15, -0.1) is 0 Å². The molecule has 0 aromatic carbocycles. The normalized spacial score (nSPS) is 36.2. The van der Waals surface area contributed by atoms with Crippen molar-refractivity contribution in [2.24, 2.45) is 79.8 Å². The predicted molar refractivity (Wildman–Crippen MR) is 268 cm³/mol. The highest BCUT2D eigenvalue weighted by atomic mass is 14.6. The van der Waals surface area contributed by atoms with Crippen LogP contribution in [0, 0.1) is 79.8 Å². The first-order valence-corrected chi connectivity index (χ1v) is 28.3. The highest BCUT2D eigenvalue weighted by Gasteiger charge is 2.58. The molecule has 8 aliphatic rings. The third kappa shape index (κ3) is 14.0. The largest absolute Gasteiger partial charge is 0.0620 e. The Morgan fingerprint density at radius 1 is 0.283 bits per heavy atom. The van der Waals surface area contributed by atoms with E-state index in [-0.39, 0.29) is 0 Å².